The van der Waals surface area contributed by atoms with Crippen LogP contribution >= 0.6 is 0 Å². The Morgan fingerprint density at radius 3 is 2.23 bits per heavy atom. The van der Waals surface area contributed by atoms with E-state index >= 15 is 0 Å². The second-order valence-electron chi connectivity index (χ2n) is 6.84. The zero-order valence-electron chi connectivity index (χ0n) is 15.1. The second kappa shape index (κ2) is 10.1. The van der Waals surface area contributed by atoms with Crippen molar-refractivity contribution < 1.29 is 5.11 Å². The highest BCUT2D eigenvalue weighted by Crippen LogP contribution is 2.18. The summed E-state index contributed by atoms with van der Waals surface area (Å²) in [4.78, 5) is 7.18. The van der Waals surface area contributed by atoms with Gasteiger partial charge in [0.1, 0.15) is 0 Å². The maximum absolute atomic E-state index is 9.59. The van der Waals surface area contributed by atoms with Crippen LogP contribution < -0.4 is 10.6 Å². The smallest absolute Gasteiger partial charge is 0.191 e. The van der Waals surface area contributed by atoms with Crippen LogP contribution in [-0.2, 0) is 0 Å². The SMILES string of the molecule is CCNC(=NCCN(C(C)C)C(C)C)NC1CCC(O)CC1. The van der Waals surface area contributed by atoms with E-state index in [-0.39, 0.29) is 6.10 Å². The first-order chi connectivity index (χ1) is 10.4. The minimum Gasteiger partial charge on any atom is -0.393 e. The van der Waals surface area contributed by atoms with Crippen molar-refractivity contribution in [3.8, 4) is 0 Å². The van der Waals surface area contributed by atoms with Gasteiger partial charge in [-0.25, -0.2) is 0 Å². The lowest BCUT2D eigenvalue weighted by molar-refractivity contribution is 0.120. The summed E-state index contributed by atoms with van der Waals surface area (Å²) in [5, 5.41) is 16.4. The van der Waals surface area contributed by atoms with E-state index in [1.54, 1.807) is 0 Å². The second-order valence-corrected chi connectivity index (χ2v) is 6.84. The van der Waals surface area contributed by atoms with Gasteiger partial charge in [-0.15, -0.1) is 0 Å². The molecule has 22 heavy (non-hydrogen) atoms. The zero-order chi connectivity index (χ0) is 16.5. The third-order valence-electron chi connectivity index (χ3n) is 4.34. The van der Waals surface area contributed by atoms with Crippen LogP contribution in [0.25, 0.3) is 0 Å². The third kappa shape index (κ3) is 6.97. The molecule has 0 saturated heterocycles. The molecule has 1 aliphatic rings. The summed E-state index contributed by atoms with van der Waals surface area (Å²) in [6, 6.07) is 1.53. The Morgan fingerprint density at radius 2 is 1.73 bits per heavy atom. The van der Waals surface area contributed by atoms with Crippen LogP contribution in [0.1, 0.15) is 60.3 Å². The maximum atomic E-state index is 9.59. The van der Waals surface area contributed by atoms with E-state index in [0.717, 1.165) is 51.3 Å². The molecule has 1 fully saturated rings. The van der Waals surface area contributed by atoms with Crippen LogP contribution in [-0.4, -0.2) is 59.8 Å². The van der Waals surface area contributed by atoms with Crippen molar-refractivity contribution in [2.24, 2.45) is 4.99 Å². The van der Waals surface area contributed by atoms with Crippen molar-refractivity contribution in [3.63, 3.8) is 0 Å². The first-order valence-electron chi connectivity index (χ1n) is 8.92. The summed E-state index contributed by atoms with van der Waals surface area (Å²) >= 11 is 0. The van der Waals surface area contributed by atoms with Crippen molar-refractivity contribution in [3.05, 3.63) is 0 Å². The topological polar surface area (TPSA) is 59.9 Å². The fourth-order valence-corrected chi connectivity index (χ4v) is 3.12. The highest BCUT2D eigenvalue weighted by molar-refractivity contribution is 5.80. The minimum absolute atomic E-state index is 0.108. The third-order valence-corrected chi connectivity index (χ3v) is 4.34. The molecule has 0 heterocycles. The first-order valence-corrected chi connectivity index (χ1v) is 8.92. The Balaban J connectivity index is 2.47. The summed E-state index contributed by atoms with van der Waals surface area (Å²) in [6.45, 7) is 13.7. The predicted octanol–water partition coefficient (Wildman–Crippen LogP) is 1.96. The summed E-state index contributed by atoms with van der Waals surface area (Å²) in [5.41, 5.74) is 0. The number of rotatable bonds is 7. The molecule has 1 aliphatic carbocycles. The Bertz CT molecular complexity index is 315. The molecular weight excluding hydrogens is 276 g/mol. The van der Waals surface area contributed by atoms with Gasteiger partial charge in [0.15, 0.2) is 5.96 Å². The van der Waals surface area contributed by atoms with Crippen LogP contribution in [0.2, 0.25) is 0 Å². The number of aliphatic hydroxyl groups is 1. The van der Waals surface area contributed by atoms with Crippen LogP contribution in [0.15, 0.2) is 4.99 Å². The number of guanidine groups is 1. The number of nitrogens with zero attached hydrogens (tertiary/aromatic N) is 2. The van der Waals surface area contributed by atoms with E-state index < -0.39 is 0 Å². The van der Waals surface area contributed by atoms with Gasteiger partial charge in [0.25, 0.3) is 0 Å². The van der Waals surface area contributed by atoms with Crippen molar-refractivity contribution >= 4 is 5.96 Å². The fourth-order valence-electron chi connectivity index (χ4n) is 3.12. The molecule has 0 aromatic carbocycles. The molecule has 3 N–H and O–H groups in total. The minimum atomic E-state index is -0.108. The van der Waals surface area contributed by atoms with Crippen molar-refractivity contribution in [2.45, 2.75) is 84.5 Å². The van der Waals surface area contributed by atoms with Gasteiger partial charge in [0.05, 0.1) is 12.6 Å². The van der Waals surface area contributed by atoms with Crippen LogP contribution in [0, 0.1) is 0 Å². The largest absolute Gasteiger partial charge is 0.393 e. The van der Waals surface area contributed by atoms with Crippen LogP contribution in [0.4, 0.5) is 0 Å². The molecule has 0 aromatic rings. The molecule has 1 saturated carbocycles. The van der Waals surface area contributed by atoms with Crippen molar-refractivity contribution in [2.75, 3.05) is 19.6 Å². The molecule has 0 bridgehead atoms. The number of hydrogen-bond donors (Lipinski definition) is 3. The average Bonchev–Trinajstić information content (AvgIpc) is 2.45. The molecule has 5 nitrogen and oxygen atoms in total. The van der Waals surface area contributed by atoms with E-state index in [0.29, 0.717) is 18.1 Å². The normalized spacial score (nSPS) is 23.4. The number of aliphatic hydroxyl groups excluding tert-OH is 1. The van der Waals surface area contributed by atoms with Gasteiger partial charge in [-0.1, -0.05) is 0 Å². The Kier molecular flexibility index (Phi) is 8.79. The van der Waals surface area contributed by atoms with Gasteiger partial charge in [-0.3, -0.25) is 9.89 Å². The lowest BCUT2D eigenvalue weighted by Crippen LogP contribution is -2.46. The van der Waals surface area contributed by atoms with Gasteiger partial charge in [-0.05, 0) is 60.3 Å². The highest BCUT2D eigenvalue weighted by Gasteiger charge is 2.20. The lowest BCUT2D eigenvalue weighted by Gasteiger charge is -2.30. The quantitative estimate of drug-likeness (QED) is 0.497. The van der Waals surface area contributed by atoms with Gasteiger partial charge in [-0.2, -0.15) is 0 Å². The van der Waals surface area contributed by atoms with E-state index in [1.165, 1.54) is 0 Å². The van der Waals surface area contributed by atoms with Crippen LogP contribution in [0.5, 0.6) is 0 Å². The molecule has 0 atom stereocenters. The molecule has 0 unspecified atom stereocenters. The fraction of sp³-hybridized carbons (Fsp3) is 0.941. The zero-order valence-corrected chi connectivity index (χ0v) is 15.1. The van der Waals surface area contributed by atoms with Gasteiger partial charge in [0, 0.05) is 31.2 Å². The molecule has 5 heteroatoms. The predicted molar refractivity (Wildman–Crippen MR) is 94.4 cm³/mol. The van der Waals surface area contributed by atoms with Gasteiger partial charge >= 0.3 is 0 Å². The van der Waals surface area contributed by atoms with E-state index in [1.807, 2.05) is 0 Å². The van der Waals surface area contributed by atoms with E-state index in [2.05, 4.69) is 50.2 Å². The summed E-state index contributed by atoms with van der Waals surface area (Å²) in [6.07, 6.45) is 3.73. The highest BCUT2D eigenvalue weighted by atomic mass is 16.3. The first kappa shape index (κ1) is 19.2. The molecule has 0 amide bonds. The summed E-state index contributed by atoms with van der Waals surface area (Å²) in [5.74, 6) is 0.913. The average molecular weight is 313 g/mol. The number of hydrogen-bond acceptors (Lipinski definition) is 3. The van der Waals surface area contributed by atoms with Crippen molar-refractivity contribution in [1.82, 2.24) is 15.5 Å². The van der Waals surface area contributed by atoms with E-state index in [9.17, 15) is 5.11 Å². The molecule has 1 rings (SSSR count). The molecule has 0 spiro atoms. The molecule has 0 radical (unpaired) electrons. The van der Waals surface area contributed by atoms with Gasteiger partial charge < -0.3 is 15.7 Å². The lowest BCUT2D eigenvalue weighted by atomic mass is 9.93. The Labute approximate surface area is 136 Å². The molecule has 0 aromatic heterocycles. The Morgan fingerprint density at radius 1 is 1.14 bits per heavy atom. The standard InChI is InChI=1S/C17H36N4O/c1-6-18-17(20-15-7-9-16(22)10-8-15)19-11-12-21(13(2)3)14(4)5/h13-16,22H,6-12H2,1-5H3,(H2,18,19,20). The van der Waals surface area contributed by atoms with Crippen molar-refractivity contribution in [1.29, 1.82) is 0 Å². The van der Waals surface area contributed by atoms with Crippen LogP contribution in [0.3, 0.4) is 0 Å². The summed E-state index contributed by atoms with van der Waals surface area (Å²) in [7, 11) is 0. The Hall–Kier alpha value is -0.810. The number of aliphatic imine (C=N–C) groups is 1. The molecule has 0 aliphatic heterocycles. The molecule has 130 valence electrons. The molecular formula is C17H36N4O. The monoisotopic (exact) mass is 312 g/mol. The maximum Gasteiger partial charge on any atom is 0.191 e. The van der Waals surface area contributed by atoms with Gasteiger partial charge in [0.2, 0.25) is 0 Å². The number of nitrogens with one attached hydrogen (secondary N) is 2. The summed E-state index contributed by atoms with van der Waals surface area (Å²) < 4.78 is 0. The van der Waals surface area contributed by atoms with E-state index in [4.69, 9.17) is 4.99 Å².